The SMILES string of the molecule is CCNc1nc(N)c(C(=O)N2CCC(N(C)C)C2)s1. The van der Waals surface area contributed by atoms with Crippen LogP contribution in [0.15, 0.2) is 0 Å². The van der Waals surface area contributed by atoms with Crippen molar-refractivity contribution in [1.29, 1.82) is 0 Å². The monoisotopic (exact) mass is 283 g/mol. The Kier molecular flexibility index (Phi) is 4.26. The number of nitrogens with one attached hydrogen (secondary N) is 1. The standard InChI is InChI=1S/C12H21N5OS/c1-4-14-12-15-10(13)9(19-12)11(18)17-6-5-8(7-17)16(2)3/h8H,4-7,13H2,1-3H3,(H,14,15). The van der Waals surface area contributed by atoms with Gasteiger partial charge in [-0.2, -0.15) is 0 Å². The number of carbonyl (C=O) groups is 1. The Labute approximate surface area is 117 Å². The van der Waals surface area contributed by atoms with Gasteiger partial charge in [0.2, 0.25) is 0 Å². The lowest BCUT2D eigenvalue weighted by Crippen LogP contribution is -2.34. The van der Waals surface area contributed by atoms with Crippen LogP contribution in [0, 0.1) is 0 Å². The van der Waals surface area contributed by atoms with E-state index >= 15 is 0 Å². The topological polar surface area (TPSA) is 74.5 Å². The number of nitrogens with two attached hydrogens (primary N) is 1. The Balaban J connectivity index is 2.08. The summed E-state index contributed by atoms with van der Waals surface area (Å²) < 4.78 is 0. The van der Waals surface area contributed by atoms with E-state index in [4.69, 9.17) is 5.73 Å². The molecule has 19 heavy (non-hydrogen) atoms. The summed E-state index contributed by atoms with van der Waals surface area (Å²) >= 11 is 1.34. The van der Waals surface area contributed by atoms with Crippen LogP contribution < -0.4 is 11.1 Å². The highest BCUT2D eigenvalue weighted by molar-refractivity contribution is 7.18. The fourth-order valence-corrected chi connectivity index (χ4v) is 3.12. The molecule has 6 nitrogen and oxygen atoms in total. The zero-order valence-corrected chi connectivity index (χ0v) is 12.5. The lowest BCUT2D eigenvalue weighted by Gasteiger charge is -2.20. The first kappa shape index (κ1) is 14.1. The smallest absolute Gasteiger partial charge is 0.267 e. The molecule has 1 amide bonds. The molecule has 1 aliphatic rings. The van der Waals surface area contributed by atoms with E-state index in [0.717, 1.165) is 26.1 Å². The van der Waals surface area contributed by atoms with Crippen LogP contribution in [0.4, 0.5) is 10.9 Å². The molecule has 1 fully saturated rings. The molecule has 3 N–H and O–H groups in total. The molecular weight excluding hydrogens is 262 g/mol. The van der Waals surface area contributed by atoms with Crippen molar-refractivity contribution in [2.45, 2.75) is 19.4 Å². The number of aromatic nitrogens is 1. The number of hydrogen-bond donors (Lipinski definition) is 2. The fraction of sp³-hybridized carbons (Fsp3) is 0.667. The number of likely N-dealkylation sites (N-methyl/N-ethyl adjacent to an activating group) is 1. The quantitative estimate of drug-likeness (QED) is 0.860. The lowest BCUT2D eigenvalue weighted by molar-refractivity contribution is 0.0788. The number of nitrogen functional groups attached to an aromatic ring is 1. The first-order valence-electron chi connectivity index (χ1n) is 6.48. The Hall–Kier alpha value is -1.34. The van der Waals surface area contributed by atoms with Crippen LogP contribution in [0.3, 0.4) is 0 Å². The van der Waals surface area contributed by atoms with E-state index in [1.807, 2.05) is 25.9 Å². The molecule has 1 atom stereocenters. The molecule has 1 aromatic rings. The summed E-state index contributed by atoms with van der Waals surface area (Å²) in [4.78, 5) is 21.2. The molecular formula is C12H21N5OS. The van der Waals surface area contributed by atoms with Gasteiger partial charge >= 0.3 is 0 Å². The van der Waals surface area contributed by atoms with Crippen LogP contribution in [0.1, 0.15) is 23.0 Å². The van der Waals surface area contributed by atoms with Crippen LogP contribution >= 0.6 is 11.3 Å². The van der Waals surface area contributed by atoms with Crippen LogP contribution in [0.5, 0.6) is 0 Å². The number of rotatable bonds is 4. The third-order valence-electron chi connectivity index (χ3n) is 3.36. The van der Waals surface area contributed by atoms with Crippen LogP contribution in [-0.2, 0) is 0 Å². The minimum Gasteiger partial charge on any atom is -0.382 e. The molecule has 0 aliphatic carbocycles. The van der Waals surface area contributed by atoms with E-state index in [1.54, 1.807) is 0 Å². The highest BCUT2D eigenvalue weighted by atomic mass is 32.1. The number of thiazole rings is 1. The summed E-state index contributed by atoms with van der Waals surface area (Å²) in [6.45, 7) is 4.31. The molecule has 7 heteroatoms. The van der Waals surface area contributed by atoms with Gasteiger partial charge in [0.25, 0.3) is 5.91 Å². The Morgan fingerprint density at radius 3 is 2.95 bits per heavy atom. The van der Waals surface area contributed by atoms with Gasteiger partial charge in [0, 0.05) is 25.7 Å². The first-order chi connectivity index (χ1) is 9.02. The average Bonchev–Trinajstić information content (AvgIpc) is 2.96. The number of nitrogens with zero attached hydrogens (tertiary/aromatic N) is 3. The van der Waals surface area contributed by atoms with Crippen molar-refractivity contribution in [3.05, 3.63) is 4.88 Å². The normalized spacial score (nSPS) is 19.2. The number of anilines is 2. The van der Waals surface area contributed by atoms with Gasteiger partial charge in [-0.15, -0.1) is 0 Å². The number of carbonyl (C=O) groups excluding carboxylic acids is 1. The van der Waals surface area contributed by atoms with Crippen molar-refractivity contribution in [2.75, 3.05) is 44.8 Å². The third-order valence-corrected chi connectivity index (χ3v) is 4.37. The molecule has 0 radical (unpaired) electrons. The highest BCUT2D eigenvalue weighted by Crippen LogP contribution is 2.27. The molecule has 0 saturated carbocycles. The second kappa shape index (κ2) is 5.75. The summed E-state index contributed by atoms with van der Waals surface area (Å²) in [5.74, 6) is 0.336. The second-order valence-corrected chi connectivity index (χ2v) is 5.92. The van der Waals surface area contributed by atoms with Gasteiger partial charge in [0.1, 0.15) is 10.7 Å². The minimum atomic E-state index is 0.00324. The van der Waals surface area contributed by atoms with E-state index in [9.17, 15) is 4.79 Å². The van der Waals surface area contributed by atoms with E-state index in [0.29, 0.717) is 21.9 Å². The van der Waals surface area contributed by atoms with E-state index < -0.39 is 0 Å². The van der Waals surface area contributed by atoms with Gasteiger partial charge < -0.3 is 20.9 Å². The molecule has 1 aliphatic heterocycles. The number of hydrogen-bond acceptors (Lipinski definition) is 6. The van der Waals surface area contributed by atoms with Crippen molar-refractivity contribution < 1.29 is 4.79 Å². The second-order valence-electron chi connectivity index (χ2n) is 4.92. The molecule has 0 aromatic carbocycles. The zero-order chi connectivity index (χ0) is 14.0. The van der Waals surface area contributed by atoms with Gasteiger partial charge in [0.05, 0.1) is 0 Å². The maximum atomic E-state index is 12.4. The van der Waals surface area contributed by atoms with Crippen molar-refractivity contribution in [3.8, 4) is 0 Å². The summed E-state index contributed by atoms with van der Waals surface area (Å²) in [5.41, 5.74) is 5.84. The van der Waals surface area contributed by atoms with Gasteiger partial charge in [-0.05, 0) is 27.4 Å². The third kappa shape index (κ3) is 2.98. The Morgan fingerprint density at radius 2 is 2.37 bits per heavy atom. The number of amides is 1. The van der Waals surface area contributed by atoms with Crippen LogP contribution in [0.25, 0.3) is 0 Å². The minimum absolute atomic E-state index is 0.00324. The van der Waals surface area contributed by atoms with Crippen molar-refractivity contribution in [2.24, 2.45) is 0 Å². The van der Waals surface area contributed by atoms with Gasteiger partial charge in [-0.1, -0.05) is 11.3 Å². The van der Waals surface area contributed by atoms with Crippen molar-refractivity contribution >= 4 is 28.2 Å². The Morgan fingerprint density at radius 1 is 1.63 bits per heavy atom. The molecule has 1 saturated heterocycles. The molecule has 106 valence electrons. The first-order valence-corrected chi connectivity index (χ1v) is 7.30. The van der Waals surface area contributed by atoms with Crippen LogP contribution in [-0.4, -0.2) is 60.5 Å². The molecule has 0 spiro atoms. The molecule has 1 unspecified atom stereocenters. The van der Waals surface area contributed by atoms with Gasteiger partial charge in [-0.3, -0.25) is 4.79 Å². The van der Waals surface area contributed by atoms with E-state index in [-0.39, 0.29) is 5.91 Å². The van der Waals surface area contributed by atoms with E-state index in [2.05, 4.69) is 15.2 Å². The largest absolute Gasteiger partial charge is 0.382 e. The predicted molar refractivity (Wildman–Crippen MR) is 78.7 cm³/mol. The van der Waals surface area contributed by atoms with E-state index in [1.165, 1.54) is 11.3 Å². The fourth-order valence-electron chi connectivity index (χ4n) is 2.20. The highest BCUT2D eigenvalue weighted by Gasteiger charge is 2.30. The maximum Gasteiger partial charge on any atom is 0.267 e. The van der Waals surface area contributed by atoms with Gasteiger partial charge in [0.15, 0.2) is 5.13 Å². The zero-order valence-electron chi connectivity index (χ0n) is 11.6. The maximum absolute atomic E-state index is 12.4. The average molecular weight is 283 g/mol. The summed E-state index contributed by atoms with van der Waals surface area (Å²) in [7, 11) is 4.09. The number of likely N-dealkylation sites (tertiary alicyclic amines) is 1. The molecule has 2 heterocycles. The van der Waals surface area contributed by atoms with Crippen LogP contribution in [0.2, 0.25) is 0 Å². The summed E-state index contributed by atoms with van der Waals surface area (Å²) in [6, 6.07) is 0.436. The summed E-state index contributed by atoms with van der Waals surface area (Å²) in [5, 5.41) is 3.80. The summed E-state index contributed by atoms with van der Waals surface area (Å²) in [6.07, 6.45) is 1.01. The van der Waals surface area contributed by atoms with Gasteiger partial charge in [-0.25, -0.2) is 4.98 Å². The lowest BCUT2D eigenvalue weighted by atomic mass is 10.2. The van der Waals surface area contributed by atoms with Crippen molar-refractivity contribution in [1.82, 2.24) is 14.8 Å². The Bertz CT molecular complexity index is 459. The predicted octanol–water partition coefficient (Wildman–Crippen LogP) is 0.933. The molecule has 0 bridgehead atoms. The van der Waals surface area contributed by atoms with Crippen molar-refractivity contribution in [3.63, 3.8) is 0 Å². The molecule has 2 rings (SSSR count). The molecule has 1 aromatic heterocycles.